The van der Waals surface area contributed by atoms with Crippen LogP contribution in [0.4, 0.5) is 5.69 Å². The number of ether oxygens (including phenoxy) is 1. The van der Waals surface area contributed by atoms with E-state index in [1.54, 1.807) is 43.5 Å². The van der Waals surface area contributed by atoms with Crippen LogP contribution < -0.4 is 14.4 Å². The predicted molar refractivity (Wildman–Crippen MR) is 175 cm³/mol. The second-order valence-electron chi connectivity index (χ2n) is 11.1. The van der Waals surface area contributed by atoms with Crippen LogP contribution in [0.5, 0.6) is 5.75 Å². The van der Waals surface area contributed by atoms with Crippen LogP contribution in [0.25, 0.3) is 0 Å². The van der Waals surface area contributed by atoms with E-state index in [0.717, 1.165) is 47.5 Å². The zero-order valence-electron chi connectivity index (χ0n) is 25.3. The van der Waals surface area contributed by atoms with Crippen molar-refractivity contribution in [1.82, 2.24) is 10.2 Å². The lowest BCUT2D eigenvalue weighted by atomic mass is 9.95. The molecular formula is C33H39Cl2N3O5S. The number of nitrogens with one attached hydrogen (secondary N) is 1. The summed E-state index contributed by atoms with van der Waals surface area (Å²) >= 11 is 12.8. The van der Waals surface area contributed by atoms with Crippen LogP contribution >= 0.6 is 23.2 Å². The molecule has 1 saturated carbocycles. The second kappa shape index (κ2) is 15.1. The zero-order chi connectivity index (χ0) is 31.9. The minimum absolute atomic E-state index is 0.00614. The number of aryl methyl sites for hydroxylation is 1. The minimum Gasteiger partial charge on any atom is -0.497 e. The lowest BCUT2D eigenvalue weighted by Gasteiger charge is -2.34. The van der Waals surface area contributed by atoms with Crippen molar-refractivity contribution in [3.63, 3.8) is 0 Å². The number of carbonyl (C=O) groups is 2. The molecule has 0 aliphatic heterocycles. The van der Waals surface area contributed by atoms with E-state index < -0.39 is 28.5 Å². The van der Waals surface area contributed by atoms with Gasteiger partial charge in [-0.25, -0.2) is 8.42 Å². The van der Waals surface area contributed by atoms with Gasteiger partial charge in [-0.2, -0.15) is 0 Å². The summed E-state index contributed by atoms with van der Waals surface area (Å²) in [5.41, 5.74) is 1.68. The first-order chi connectivity index (χ1) is 21.0. The molecule has 11 heteroatoms. The monoisotopic (exact) mass is 659 g/mol. The number of halogens is 2. The standard InChI is InChI=1S/C33H39Cl2N3O5S/c1-4-30(33(40)36-26-10-6-5-7-11-26)37(21-24-9-8-12-27(19-24)43-3)32(39)22-38(31-20-25(34)15-18-29(31)35)44(41,42)28-16-13-23(2)14-17-28/h8-9,12-20,26,30H,4-7,10-11,21-22H2,1-3H3,(H,36,40)/t30-/m0/s1. The summed E-state index contributed by atoms with van der Waals surface area (Å²) in [5, 5.41) is 3.52. The highest BCUT2D eigenvalue weighted by Gasteiger charge is 2.35. The summed E-state index contributed by atoms with van der Waals surface area (Å²) in [4.78, 5) is 29.5. The number of amides is 2. The fraction of sp³-hybridized carbons (Fsp3) is 0.394. The van der Waals surface area contributed by atoms with Gasteiger partial charge in [-0.1, -0.05) is 79.2 Å². The molecule has 0 heterocycles. The van der Waals surface area contributed by atoms with Gasteiger partial charge in [-0.3, -0.25) is 13.9 Å². The Morgan fingerprint density at radius 3 is 2.36 bits per heavy atom. The molecule has 3 aromatic rings. The van der Waals surface area contributed by atoms with E-state index >= 15 is 0 Å². The van der Waals surface area contributed by atoms with Crippen LogP contribution in [0.3, 0.4) is 0 Å². The Kier molecular flexibility index (Phi) is 11.6. The Morgan fingerprint density at radius 1 is 1.00 bits per heavy atom. The van der Waals surface area contributed by atoms with Crippen LogP contribution in [-0.2, 0) is 26.2 Å². The average Bonchev–Trinajstić information content (AvgIpc) is 3.01. The number of hydrogen-bond donors (Lipinski definition) is 1. The molecule has 1 N–H and O–H groups in total. The molecule has 1 fully saturated rings. The van der Waals surface area contributed by atoms with Gasteiger partial charge in [0.2, 0.25) is 11.8 Å². The summed E-state index contributed by atoms with van der Waals surface area (Å²) in [5.74, 6) is -0.224. The topological polar surface area (TPSA) is 96.0 Å². The molecule has 236 valence electrons. The van der Waals surface area contributed by atoms with E-state index in [4.69, 9.17) is 27.9 Å². The van der Waals surface area contributed by atoms with Crippen molar-refractivity contribution < 1.29 is 22.7 Å². The van der Waals surface area contributed by atoms with Crippen LogP contribution in [0, 0.1) is 6.92 Å². The maximum absolute atomic E-state index is 14.3. The first-order valence-electron chi connectivity index (χ1n) is 14.8. The molecule has 1 aliphatic rings. The van der Waals surface area contributed by atoms with Gasteiger partial charge in [-0.05, 0) is 74.2 Å². The second-order valence-corrected chi connectivity index (χ2v) is 13.8. The number of sulfonamides is 1. The third kappa shape index (κ3) is 8.25. The van der Waals surface area contributed by atoms with Crippen LogP contribution in [0.2, 0.25) is 10.0 Å². The van der Waals surface area contributed by atoms with Crippen molar-refractivity contribution in [2.75, 3.05) is 18.0 Å². The molecule has 1 atom stereocenters. The highest BCUT2D eigenvalue weighted by Crippen LogP contribution is 2.33. The molecule has 3 aromatic carbocycles. The summed E-state index contributed by atoms with van der Waals surface area (Å²) in [6, 6.07) is 17.2. The summed E-state index contributed by atoms with van der Waals surface area (Å²) < 4.78 is 34.6. The number of benzene rings is 3. The zero-order valence-corrected chi connectivity index (χ0v) is 27.6. The number of rotatable bonds is 12. The van der Waals surface area contributed by atoms with E-state index in [2.05, 4.69) is 5.32 Å². The molecule has 0 bridgehead atoms. The highest BCUT2D eigenvalue weighted by atomic mass is 35.5. The Bertz CT molecular complexity index is 1560. The number of methoxy groups -OCH3 is 1. The molecule has 0 radical (unpaired) electrons. The lowest BCUT2D eigenvalue weighted by molar-refractivity contribution is -0.140. The van der Waals surface area contributed by atoms with E-state index in [1.165, 1.54) is 29.2 Å². The molecule has 44 heavy (non-hydrogen) atoms. The molecule has 0 spiro atoms. The van der Waals surface area contributed by atoms with Crippen molar-refractivity contribution in [3.05, 3.63) is 87.9 Å². The van der Waals surface area contributed by atoms with Crippen LogP contribution in [0.15, 0.2) is 71.6 Å². The van der Waals surface area contributed by atoms with Crippen molar-refractivity contribution in [1.29, 1.82) is 0 Å². The number of anilines is 1. The lowest BCUT2D eigenvalue weighted by Crippen LogP contribution is -2.54. The van der Waals surface area contributed by atoms with Gasteiger partial charge in [0.25, 0.3) is 10.0 Å². The fourth-order valence-corrected chi connectivity index (χ4v) is 7.32. The predicted octanol–water partition coefficient (Wildman–Crippen LogP) is 6.76. The molecule has 8 nitrogen and oxygen atoms in total. The third-order valence-corrected chi connectivity index (χ3v) is 10.2. The maximum Gasteiger partial charge on any atom is 0.264 e. The molecule has 4 rings (SSSR count). The molecule has 0 aromatic heterocycles. The smallest absolute Gasteiger partial charge is 0.264 e. The molecule has 0 unspecified atom stereocenters. The van der Waals surface area contributed by atoms with Crippen molar-refractivity contribution in [2.45, 2.75) is 75.9 Å². The van der Waals surface area contributed by atoms with Gasteiger partial charge in [0.1, 0.15) is 18.3 Å². The Balaban J connectivity index is 1.75. The summed E-state index contributed by atoms with van der Waals surface area (Å²) in [7, 11) is -2.72. The first-order valence-corrected chi connectivity index (χ1v) is 17.0. The van der Waals surface area contributed by atoms with E-state index in [-0.39, 0.29) is 39.1 Å². The fourth-order valence-electron chi connectivity index (χ4n) is 5.46. The van der Waals surface area contributed by atoms with Gasteiger partial charge in [0.15, 0.2) is 0 Å². The van der Waals surface area contributed by atoms with E-state index in [1.807, 2.05) is 19.9 Å². The van der Waals surface area contributed by atoms with Crippen LogP contribution in [0.1, 0.15) is 56.6 Å². The average molecular weight is 661 g/mol. The van der Waals surface area contributed by atoms with E-state index in [9.17, 15) is 18.0 Å². The Morgan fingerprint density at radius 2 is 1.70 bits per heavy atom. The van der Waals surface area contributed by atoms with Gasteiger partial charge < -0.3 is 15.0 Å². The molecular weight excluding hydrogens is 621 g/mol. The summed E-state index contributed by atoms with van der Waals surface area (Å²) in [6.45, 7) is 3.15. The van der Waals surface area contributed by atoms with Gasteiger partial charge in [0.05, 0.1) is 22.7 Å². The largest absolute Gasteiger partial charge is 0.497 e. The number of hydrogen-bond acceptors (Lipinski definition) is 5. The van der Waals surface area contributed by atoms with Crippen LogP contribution in [-0.4, -0.2) is 50.9 Å². The van der Waals surface area contributed by atoms with Gasteiger partial charge in [0, 0.05) is 17.6 Å². The molecule has 2 amide bonds. The third-order valence-electron chi connectivity index (χ3n) is 7.89. The van der Waals surface area contributed by atoms with Crippen molar-refractivity contribution >= 4 is 50.7 Å². The Hall–Kier alpha value is -3.27. The first kappa shape index (κ1) is 33.6. The van der Waals surface area contributed by atoms with Gasteiger partial charge >= 0.3 is 0 Å². The van der Waals surface area contributed by atoms with Gasteiger partial charge in [-0.15, -0.1) is 0 Å². The highest BCUT2D eigenvalue weighted by molar-refractivity contribution is 7.92. The minimum atomic E-state index is -4.28. The number of nitrogens with zero attached hydrogens (tertiary/aromatic N) is 2. The molecule has 1 aliphatic carbocycles. The van der Waals surface area contributed by atoms with Crippen molar-refractivity contribution in [3.8, 4) is 5.75 Å². The Labute approximate surface area is 270 Å². The maximum atomic E-state index is 14.3. The summed E-state index contributed by atoms with van der Waals surface area (Å²) in [6.07, 6.45) is 5.34. The molecule has 0 saturated heterocycles. The van der Waals surface area contributed by atoms with E-state index in [0.29, 0.717) is 12.2 Å². The quantitative estimate of drug-likeness (QED) is 0.232. The normalized spacial score (nSPS) is 14.5. The SMILES string of the molecule is CC[C@@H](C(=O)NC1CCCCC1)N(Cc1cccc(OC)c1)C(=O)CN(c1cc(Cl)ccc1Cl)S(=O)(=O)c1ccc(C)cc1. The number of carbonyl (C=O) groups excluding carboxylic acids is 2. The van der Waals surface area contributed by atoms with Crippen molar-refractivity contribution in [2.24, 2.45) is 0 Å².